The second kappa shape index (κ2) is 6.40. The Morgan fingerprint density at radius 1 is 1.53 bits per heavy atom. The van der Waals surface area contributed by atoms with Gasteiger partial charge in [-0.15, -0.1) is 0 Å². The third-order valence-corrected chi connectivity index (χ3v) is 2.19. The van der Waals surface area contributed by atoms with E-state index in [9.17, 15) is 14.9 Å². The fraction of sp³-hybridized carbons (Fsp3) is 0.100. The average Bonchev–Trinajstić information content (AvgIpc) is 2.34. The molecule has 0 heterocycles. The lowest BCUT2D eigenvalue weighted by molar-refractivity contribution is -0.385. The van der Waals surface area contributed by atoms with Gasteiger partial charge in [0.15, 0.2) is 5.11 Å². The van der Waals surface area contributed by atoms with Crippen LogP contribution in [-0.4, -0.2) is 26.8 Å². The van der Waals surface area contributed by atoms with Crippen molar-refractivity contribution in [3.05, 3.63) is 39.9 Å². The number of nitrogens with two attached hydrogens (primary N) is 1. The van der Waals surface area contributed by atoms with E-state index in [2.05, 4.69) is 22.7 Å². The third-order valence-electron chi connectivity index (χ3n) is 2.09. The number of nitrogens with zero attached hydrogens (tertiary/aromatic N) is 2. The number of benzene rings is 1. The van der Waals surface area contributed by atoms with Crippen molar-refractivity contribution in [3.8, 4) is 0 Å². The highest BCUT2D eigenvalue weighted by molar-refractivity contribution is 7.80. The van der Waals surface area contributed by atoms with Gasteiger partial charge in [-0.25, -0.2) is 4.79 Å². The molecule has 0 aliphatic heterocycles. The van der Waals surface area contributed by atoms with Crippen LogP contribution in [-0.2, 0) is 11.2 Å². The summed E-state index contributed by atoms with van der Waals surface area (Å²) in [6.07, 6.45) is -0.220. The molecule has 9 heteroatoms. The Hall–Kier alpha value is -2.55. The van der Waals surface area contributed by atoms with Gasteiger partial charge in [-0.1, -0.05) is 18.2 Å². The summed E-state index contributed by atoms with van der Waals surface area (Å²) in [6, 6.07) is 5.81. The van der Waals surface area contributed by atoms with Crippen molar-refractivity contribution in [2.75, 3.05) is 0 Å². The van der Waals surface area contributed by atoms with Crippen LogP contribution in [0.4, 0.5) is 5.69 Å². The zero-order valence-electron chi connectivity index (χ0n) is 9.57. The van der Waals surface area contributed by atoms with Crippen molar-refractivity contribution < 1.29 is 14.8 Å². The zero-order valence-corrected chi connectivity index (χ0v) is 10.4. The molecule has 0 fully saturated rings. The van der Waals surface area contributed by atoms with Gasteiger partial charge in [-0.2, -0.15) is 5.10 Å². The number of carbonyl (C=O) groups is 1. The van der Waals surface area contributed by atoms with E-state index in [0.717, 1.165) is 0 Å². The Morgan fingerprint density at radius 2 is 2.16 bits per heavy atom. The van der Waals surface area contributed by atoms with Crippen molar-refractivity contribution in [2.24, 2.45) is 10.8 Å². The first-order chi connectivity index (χ1) is 8.91. The molecule has 0 amide bonds. The van der Waals surface area contributed by atoms with Gasteiger partial charge in [0.25, 0.3) is 5.69 Å². The molecule has 100 valence electrons. The molecule has 0 atom stereocenters. The quantitative estimate of drug-likeness (QED) is 0.308. The minimum atomic E-state index is -1.32. The number of nitro benzene ring substituents is 1. The number of thiocarbonyl (C=S) groups is 1. The van der Waals surface area contributed by atoms with E-state index in [1.165, 1.54) is 18.2 Å². The van der Waals surface area contributed by atoms with E-state index >= 15 is 0 Å². The third kappa shape index (κ3) is 4.32. The summed E-state index contributed by atoms with van der Waals surface area (Å²) in [5, 5.41) is 23.1. The van der Waals surface area contributed by atoms with Gasteiger partial charge in [-0.3, -0.25) is 15.5 Å². The maximum absolute atomic E-state index is 11.0. The average molecular weight is 282 g/mol. The van der Waals surface area contributed by atoms with Crippen LogP contribution in [0.2, 0.25) is 0 Å². The normalized spacial score (nSPS) is 10.8. The van der Waals surface area contributed by atoms with Gasteiger partial charge in [0.2, 0.25) is 0 Å². The molecule has 0 aliphatic rings. The van der Waals surface area contributed by atoms with Crippen LogP contribution < -0.4 is 11.2 Å². The highest BCUT2D eigenvalue weighted by Crippen LogP contribution is 2.18. The number of hydrazone groups is 1. The molecule has 4 N–H and O–H groups in total. The van der Waals surface area contributed by atoms with Crippen molar-refractivity contribution in [3.63, 3.8) is 0 Å². The van der Waals surface area contributed by atoms with Crippen LogP contribution in [0.3, 0.4) is 0 Å². The molecular formula is C10H10N4O4S. The fourth-order valence-electron chi connectivity index (χ4n) is 1.30. The Kier molecular flexibility index (Phi) is 4.89. The topological polar surface area (TPSA) is 131 Å². The summed E-state index contributed by atoms with van der Waals surface area (Å²) in [5.74, 6) is -1.32. The molecule has 1 aromatic carbocycles. The molecular weight excluding hydrogens is 272 g/mol. The highest BCUT2D eigenvalue weighted by Gasteiger charge is 2.18. The molecule has 0 aliphatic carbocycles. The number of carboxylic acids is 1. The monoisotopic (exact) mass is 282 g/mol. The Labute approximate surface area is 113 Å². The zero-order chi connectivity index (χ0) is 14.4. The molecule has 8 nitrogen and oxygen atoms in total. The Bertz CT molecular complexity index is 558. The molecule has 0 unspecified atom stereocenters. The standard InChI is InChI=1S/C10H10N4O4S/c11-10(19)13-12-7(9(15)16)5-6-3-1-2-4-8(6)14(17)18/h1-4H,5H2,(H,15,16)(H3,11,13,19)/b12-7-. The van der Waals surface area contributed by atoms with Crippen LogP contribution in [0.1, 0.15) is 5.56 Å². The van der Waals surface area contributed by atoms with E-state index in [0.29, 0.717) is 0 Å². The van der Waals surface area contributed by atoms with Gasteiger partial charge in [0.05, 0.1) is 4.92 Å². The predicted octanol–water partition coefficient (Wildman–Crippen LogP) is 0.411. The van der Waals surface area contributed by atoms with E-state index in [1.54, 1.807) is 6.07 Å². The molecule has 0 radical (unpaired) electrons. The Balaban J connectivity index is 3.04. The number of nitrogens with one attached hydrogen (secondary N) is 1. The summed E-state index contributed by atoms with van der Waals surface area (Å²) >= 11 is 4.49. The number of hydrogen-bond donors (Lipinski definition) is 3. The minimum Gasteiger partial charge on any atom is -0.477 e. The maximum atomic E-state index is 11.0. The molecule has 0 spiro atoms. The molecule has 0 saturated carbocycles. The van der Waals surface area contributed by atoms with Crippen molar-refractivity contribution in [2.45, 2.75) is 6.42 Å². The van der Waals surface area contributed by atoms with Crippen LogP contribution in [0.25, 0.3) is 0 Å². The fourth-order valence-corrected chi connectivity index (χ4v) is 1.35. The number of para-hydroxylation sites is 1. The lowest BCUT2D eigenvalue weighted by Gasteiger charge is -2.04. The number of rotatable bonds is 5. The van der Waals surface area contributed by atoms with Crippen LogP contribution in [0.15, 0.2) is 29.4 Å². The number of nitro groups is 1. The summed E-state index contributed by atoms with van der Waals surface area (Å²) in [5.41, 5.74) is 7.00. The van der Waals surface area contributed by atoms with E-state index in [-0.39, 0.29) is 28.5 Å². The summed E-state index contributed by atoms with van der Waals surface area (Å²) in [4.78, 5) is 21.2. The van der Waals surface area contributed by atoms with Crippen LogP contribution in [0, 0.1) is 10.1 Å². The lowest BCUT2D eigenvalue weighted by atomic mass is 10.1. The second-order valence-corrected chi connectivity index (χ2v) is 3.84. The lowest BCUT2D eigenvalue weighted by Crippen LogP contribution is -2.28. The molecule has 0 aromatic heterocycles. The molecule has 1 rings (SSSR count). The first-order valence-corrected chi connectivity index (χ1v) is 5.40. The Morgan fingerprint density at radius 3 is 2.68 bits per heavy atom. The number of aliphatic carboxylic acids is 1. The SMILES string of the molecule is NC(=S)N/N=C(/Cc1ccccc1[N+](=O)[O-])C(=O)O. The van der Waals surface area contributed by atoms with Crippen LogP contribution in [0.5, 0.6) is 0 Å². The number of hydrogen-bond acceptors (Lipinski definition) is 5. The van der Waals surface area contributed by atoms with Gasteiger partial charge < -0.3 is 10.8 Å². The van der Waals surface area contributed by atoms with Crippen molar-refractivity contribution in [1.29, 1.82) is 0 Å². The summed E-state index contributed by atoms with van der Waals surface area (Å²) < 4.78 is 0. The molecule has 19 heavy (non-hydrogen) atoms. The summed E-state index contributed by atoms with van der Waals surface area (Å²) in [6.45, 7) is 0. The molecule has 0 saturated heterocycles. The van der Waals surface area contributed by atoms with Crippen molar-refractivity contribution in [1.82, 2.24) is 5.43 Å². The maximum Gasteiger partial charge on any atom is 0.352 e. The van der Waals surface area contributed by atoms with Crippen LogP contribution >= 0.6 is 12.2 Å². The molecule has 0 bridgehead atoms. The largest absolute Gasteiger partial charge is 0.477 e. The summed E-state index contributed by atoms with van der Waals surface area (Å²) in [7, 11) is 0. The smallest absolute Gasteiger partial charge is 0.352 e. The first-order valence-electron chi connectivity index (χ1n) is 4.99. The predicted molar refractivity (Wildman–Crippen MR) is 71.8 cm³/mol. The van der Waals surface area contributed by atoms with E-state index < -0.39 is 10.9 Å². The molecule has 1 aromatic rings. The highest BCUT2D eigenvalue weighted by atomic mass is 32.1. The number of carboxylic acid groups (broad SMARTS) is 1. The van der Waals surface area contributed by atoms with Gasteiger partial charge >= 0.3 is 5.97 Å². The van der Waals surface area contributed by atoms with Crippen molar-refractivity contribution >= 4 is 34.7 Å². The van der Waals surface area contributed by atoms with E-state index in [1.807, 2.05) is 0 Å². The van der Waals surface area contributed by atoms with Gasteiger partial charge in [0.1, 0.15) is 5.71 Å². The van der Waals surface area contributed by atoms with E-state index in [4.69, 9.17) is 10.8 Å². The van der Waals surface area contributed by atoms with Gasteiger partial charge in [-0.05, 0) is 12.2 Å². The van der Waals surface area contributed by atoms with Gasteiger partial charge in [0, 0.05) is 18.1 Å². The first kappa shape index (κ1) is 14.5. The second-order valence-electron chi connectivity index (χ2n) is 3.40. The minimum absolute atomic E-state index is 0.174.